The zero-order valence-electron chi connectivity index (χ0n) is 10.3. The number of benzene rings is 1. The predicted molar refractivity (Wildman–Crippen MR) is 66.6 cm³/mol. The molecular weight excluding hydrogens is 252 g/mol. The molecule has 0 saturated carbocycles. The van der Waals surface area contributed by atoms with Crippen LogP contribution in [0.4, 0.5) is 14.7 Å². The van der Waals surface area contributed by atoms with Crippen LogP contribution >= 0.6 is 0 Å². The second-order valence-corrected chi connectivity index (χ2v) is 4.12. The molecule has 0 spiro atoms. The molecule has 0 bridgehead atoms. The summed E-state index contributed by atoms with van der Waals surface area (Å²) in [5.74, 6) is -1.26. The second-order valence-electron chi connectivity index (χ2n) is 4.12. The van der Waals surface area contributed by atoms with Gasteiger partial charge in [-0.3, -0.25) is 0 Å². The van der Waals surface area contributed by atoms with Gasteiger partial charge in [0.15, 0.2) is 0 Å². The Morgan fingerprint density at radius 3 is 2.37 bits per heavy atom. The highest BCUT2D eigenvalue weighted by Crippen LogP contribution is 2.20. The van der Waals surface area contributed by atoms with Crippen LogP contribution in [0.15, 0.2) is 30.6 Å². The highest BCUT2D eigenvalue weighted by Gasteiger charge is 2.17. The average Bonchev–Trinajstić information content (AvgIpc) is 2.38. The van der Waals surface area contributed by atoms with Crippen molar-refractivity contribution in [2.75, 3.05) is 11.9 Å². The Bertz CT molecular complexity index is 540. The van der Waals surface area contributed by atoms with Crippen molar-refractivity contribution in [3.05, 3.63) is 53.4 Å². The quantitative estimate of drug-likeness (QED) is 0.889. The number of rotatable bonds is 4. The molecule has 0 radical (unpaired) electrons. The number of aryl methyl sites for hydroxylation is 1. The fraction of sp³-hybridized carbons (Fsp3) is 0.231. The molecule has 0 fully saturated rings. The Morgan fingerprint density at radius 1 is 1.21 bits per heavy atom. The molecule has 19 heavy (non-hydrogen) atoms. The van der Waals surface area contributed by atoms with Crippen LogP contribution in [-0.4, -0.2) is 21.6 Å². The zero-order valence-corrected chi connectivity index (χ0v) is 10.3. The number of aromatic nitrogens is 2. The first-order valence-electron chi connectivity index (χ1n) is 5.72. The highest BCUT2D eigenvalue weighted by atomic mass is 19.1. The number of nitrogens with zero attached hydrogens (tertiary/aromatic N) is 2. The molecule has 1 atom stereocenters. The zero-order chi connectivity index (χ0) is 13.8. The fourth-order valence-corrected chi connectivity index (χ4v) is 1.60. The molecule has 1 unspecified atom stereocenters. The summed E-state index contributed by atoms with van der Waals surface area (Å²) in [6, 6.07) is 3.45. The molecule has 0 amide bonds. The molecule has 1 heterocycles. The SMILES string of the molecule is Cc1cnc(NCC(O)c2c(F)cccc2F)nc1. The largest absolute Gasteiger partial charge is 0.386 e. The average molecular weight is 265 g/mol. The normalized spacial score (nSPS) is 12.2. The molecule has 2 aromatic rings. The molecule has 2 N–H and O–H groups in total. The maximum Gasteiger partial charge on any atom is 0.222 e. The van der Waals surface area contributed by atoms with Crippen LogP contribution in [-0.2, 0) is 0 Å². The molecule has 2 rings (SSSR count). The van der Waals surface area contributed by atoms with Crippen LogP contribution in [0.2, 0.25) is 0 Å². The number of aliphatic hydroxyl groups is 1. The standard InChI is InChI=1S/C13H13F2N3O/c1-8-5-16-13(17-6-8)18-7-11(19)12-9(14)3-2-4-10(12)15/h2-6,11,19H,7H2,1H3,(H,16,17,18). The van der Waals surface area contributed by atoms with E-state index in [2.05, 4.69) is 15.3 Å². The molecule has 0 aliphatic heterocycles. The minimum Gasteiger partial charge on any atom is -0.386 e. The summed E-state index contributed by atoms with van der Waals surface area (Å²) >= 11 is 0. The van der Waals surface area contributed by atoms with Crippen molar-refractivity contribution in [1.29, 1.82) is 0 Å². The summed E-state index contributed by atoms with van der Waals surface area (Å²) in [6.07, 6.45) is 1.89. The molecule has 0 aliphatic rings. The van der Waals surface area contributed by atoms with E-state index < -0.39 is 17.7 Å². The van der Waals surface area contributed by atoms with Crippen molar-refractivity contribution >= 4 is 5.95 Å². The van der Waals surface area contributed by atoms with Gasteiger partial charge in [-0.25, -0.2) is 18.7 Å². The van der Waals surface area contributed by atoms with Gasteiger partial charge in [-0.1, -0.05) is 6.07 Å². The van der Waals surface area contributed by atoms with Crippen LogP contribution in [0.1, 0.15) is 17.2 Å². The minimum absolute atomic E-state index is 0.0824. The van der Waals surface area contributed by atoms with Gasteiger partial charge in [-0.2, -0.15) is 0 Å². The number of aliphatic hydroxyl groups excluding tert-OH is 1. The molecule has 0 saturated heterocycles. The van der Waals surface area contributed by atoms with Crippen molar-refractivity contribution < 1.29 is 13.9 Å². The number of hydrogen-bond donors (Lipinski definition) is 2. The van der Waals surface area contributed by atoms with Crippen molar-refractivity contribution in [3.63, 3.8) is 0 Å². The molecule has 1 aromatic carbocycles. The van der Waals surface area contributed by atoms with E-state index in [1.165, 1.54) is 6.07 Å². The smallest absolute Gasteiger partial charge is 0.222 e. The lowest BCUT2D eigenvalue weighted by Gasteiger charge is -2.13. The van der Waals surface area contributed by atoms with Crippen LogP contribution in [0, 0.1) is 18.6 Å². The van der Waals surface area contributed by atoms with E-state index in [1.807, 2.05) is 6.92 Å². The second kappa shape index (κ2) is 5.71. The lowest BCUT2D eigenvalue weighted by molar-refractivity contribution is 0.181. The van der Waals surface area contributed by atoms with E-state index in [0.717, 1.165) is 17.7 Å². The molecule has 0 aliphatic carbocycles. The fourth-order valence-electron chi connectivity index (χ4n) is 1.60. The van der Waals surface area contributed by atoms with E-state index in [9.17, 15) is 13.9 Å². The third kappa shape index (κ3) is 3.23. The Hall–Kier alpha value is -2.08. The maximum atomic E-state index is 13.4. The van der Waals surface area contributed by atoms with Crippen LogP contribution in [0.5, 0.6) is 0 Å². The molecule has 1 aromatic heterocycles. The Kier molecular flexibility index (Phi) is 4.01. The third-order valence-corrected chi connectivity index (χ3v) is 2.57. The summed E-state index contributed by atoms with van der Waals surface area (Å²) in [4.78, 5) is 7.94. The third-order valence-electron chi connectivity index (χ3n) is 2.57. The summed E-state index contributed by atoms with van der Waals surface area (Å²) in [5, 5.41) is 12.5. The van der Waals surface area contributed by atoms with Crippen LogP contribution in [0.25, 0.3) is 0 Å². The summed E-state index contributed by atoms with van der Waals surface area (Å²) in [6.45, 7) is 1.76. The molecule has 6 heteroatoms. The van der Waals surface area contributed by atoms with Gasteiger partial charge >= 0.3 is 0 Å². The van der Waals surface area contributed by atoms with Gasteiger partial charge in [-0.15, -0.1) is 0 Å². The van der Waals surface area contributed by atoms with Gasteiger partial charge in [-0.05, 0) is 24.6 Å². The van der Waals surface area contributed by atoms with Gasteiger partial charge in [0.2, 0.25) is 5.95 Å². The van der Waals surface area contributed by atoms with Crippen LogP contribution in [0.3, 0.4) is 0 Å². The molecule has 4 nitrogen and oxygen atoms in total. The minimum atomic E-state index is -1.31. The monoisotopic (exact) mass is 265 g/mol. The molecular formula is C13H13F2N3O. The van der Waals surface area contributed by atoms with Gasteiger partial charge in [0.25, 0.3) is 0 Å². The van der Waals surface area contributed by atoms with Gasteiger partial charge in [0, 0.05) is 18.9 Å². The topological polar surface area (TPSA) is 58.0 Å². The van der Waals surface area contributed by atoms with Gasteiger partial charge < -0.3 is 10.4 Å². The van der Waals surface area contributed by atoms with Crippen LogP contribution < -0.4 is 5.32 Å². The number of halogens is 2. The van der Waals surface area contributed by atoms with E-state index in [0.29, 0.717) is 5.95 Å². The summed E-state index contributed by atoms with van der Waals surface area (Å²) in [5.41, 5.74) is 0.536. The number of nitrogens with one attached hydrogen (secondary N) is 1. The highest BCUT2D eigenvalue weighted by molar-refractivity contribution is 5.28. The number of anilines is 1. The van der Waals surface area contributed by atoms with Gasteiger partial charge in [0.1, 0.15) is 17.7 Å². The van der Waals surface area contributed by atoms with E-state index >= 15 is 0 Å². The predicted octanol–water partition coefficient (Wildman–Crippen LogP) is 2.21. The first-order chi connectivity index (χ1) is 9.08. The Labute approximate surface area is 109 Å². The van der Waals surface area contributed by atoms with Gasteiger partial charge in [0.05, 0.1) is 5.56 Å². The lowest BCUT2D eigenvalue weighted by Crippen LogP contribution is -2.16. The van der Waals surface area contributed by atoms with Crippen molar-refractivity contribution in [1.82, 2.24) is 9.97 Å². The van der Waals surface area contributed by atoms with Crippen molar-refractivity contribution in [3.8, 4) is 0 Å². The Morgan fingerprint density at radius 2 is 1.79 bits per heavy atom. The van der Waals surface area contributed by atoms with Crippen molar-refractivity contribution in [2.24, 2.45) is 0 Å². The summed E-state index contributed by atoms with van der Waals surface area (Å²) in [7, 11) is 0. The van der Waals surface area contributed by atoms with E-state index in [1.54, 1.807) is 12.4 Å². The van der Waals surface area contributed by atoms with Crippen molar-refractivity contribution in [2.45, 2.75) is 13.0 Å². The maximum absolute atomic E-state index is 13.4. The Balaban J connectivity index is 2.05. The first kappa shape index (κ1) is 13.4. The summed E-state index contributed by atoms with van der Waals surface area (Å²) < 4.78 is 26.8. The molecule has 100 valence electrons. The van der Waals surface area contributed by atoms with E-state index in [-0.39, 0.29) is 12.1 Å². The number of hydrogen-bond acceptors (Lipinski definition) is 4. The lowest BCUT2D eigenvalue weighted by atomic mass is 10.1. The van der Waals surface area contributed by atoms with E-state index in [4.69, 9.17) is 0 Å². The first-order valence-corrected chi connectivity index (χ1v) is 5.72.